The lowest BCUT2D eigenvalue weighted by Gasteiger charge is -2.16. The van der Waals surface area contributed by atoms with Crippen LogP contribution in [0.1, 0.15) is 12.0 Å². The molecule has 0 aromatic heterocycles. The van der Waals surface area contributed by atoms with E-state index in [-0.39, 0.29) is 11.8 Å². The lowest BCUT2D eigenvalue weighted by molar-refractivity contribution is -0.132. The zero-order chi connectivity index (χ0) is 16.9. The Morgan fingerprint density at radius 1 is 1.12 bits per heavy atom. The van der Waals surface area contributed by atoms with E-state index in [0.717, 1.165) is 11.3 Å². The minimum Gasteiger partial charge on any atom is -0.355 e. The molecule has 1 N–H and O–H groups in total. The fourth-order valence-electron chi connectivity index (χ4n) is 2.93. The SMILES string of the molecule is O=C(NCCc1ccccc1Cl)[C@H]1CCN(c2ccccc2)C1=O. The molecule has 5 heteroatoms. The summed E-state index contributed by atoms with van der Waals surface area (Å²) in [7, 11) is 0. The van der Waals surface area contributed by atoms with Gasteiger partial charge in [0, 0.05) is 23.8 Å². The third-order valence-electron chi connectivity index (χ3n) is 4.24. The number of para-hydroxylation sites is 1. The molecule has 0 saturated carbocycles. The number of halogens is 1. The Bertz CT molecular complexity index is 733. The number of hydrogen-bond acceptors (Lipinski definition) is 2. The van der Waals surface area contributed by atoms with Gasteiger partial charge in [0.1, 0.15) is 5.92 Å². The summed E-state index contributed by atoms with van der Waals surface area (Å²) in [6, 6.07) is 17.0. The topological polar surface area (TPSA) is 49.4 Å². The first kappa shape index (κ1) is 16.5. The molecular formula is C19H19ClN2O2. The van der Waals surface area contributed by atoms with Crippen LogP contribution in [0.2, 0.25) is 5.02 Å². The molecule has 1 heterocycles. The van der Waals surface area contributed by atoms with Gasteiger partial charge in [-0.05, 0) is 36.6 Å². The lowest BCUT2D eigenvalue weighted by Crippen LogP contribution is -2.37. The van der Waals surface area contributed by atoms with Gasteiger partial charge in [0.15, 0.2) is 0 Å². The molecule has 3 rings (SSSR count). The average molecular weight is 343 g/mol. The molecule has 124 valence electrons. The zero-order valence-electron chi connectivity index (χ0n) is 13.2. The maximum absolute atomic E-state index is 12.5. The lowest BCUT2D eigenvalue weighted by atomic mass is 10.1. The van der Waals surface area contributed by atoms with E-state index >= 15 is 0 Å². The van der Waals surface area contributed by atoms with Crippen molar-refractivity contribution < 1.29 is 9.59 Å². The summed E-state index contributed by atoms with van der Waals surface area (Å²) < 4.78 is 0. The van der Waals surface area contributed by atoms with Gasteiger partial charge in [-0.25, -0.2) is 0 Å². The molecule has 0 unspecified atom stereocenters. The van der Waals surface area contributed by atoms with Crippen LogP contribution in [0.3, 0.4) is 0 Å². The van der Waals surface area contributed by atoms with E-state index in [0.29, 0.717) is 31.0 Å². The Hall–Kier alpha value is -2.33. The van der Waals surface area contributed by atoms with Gasteiger partial charge in [0.05, 0.1) is 0 Å². The number of anilines is 1. The molecule has 1 atom stereocenters. The standard InChI is InChI=1S/C19H19ClN2O2/c20-17-9-5-4-6-14(17)10-12-21-18(23)16-11-13-22(19(16)24)15-7-2-1-3-8-15/h1-9,16H,10-13H2,(H,21,23)/t16-/m1/s1. The first-order valence-corrected chi connectivity index (χ1v) is 8.42. The highest BCUT2D eigenvalue weighted by atomic mass is 35.5. The van der Waals surface area contributed by atoms with Gasteiger partial charge in [0.25, 0.3) is 0 Å². The van der Waals surface area contributed by atoms with Crippen molar-refractivity contribution >= 4 is 29.1 Å². The Morgan fingerprint density at radius 3 is 2.58 bits per heavy atom. The van der Waals surface area contributed by atoms with Crippen molar-refractivity contribution in [2.45, 2.75) is 12.8 Å². The molecular weight excluding hydrogens is 324 g/mol. The van der Waals surface area contributed by atoms with Crippen molar-refractivity contribution in [2.24, 2.45) is 5.92 Å². The predicted molar refractivity (Wildman–Crippen MR) is 95.1 cm³/mol. The molecule has 0 aliphatic carbocycles. The summed E-state index contributed by atoms with van der Waals surface area (Å²) in [4.78, 5) is 26.5. The van der Waals surface area contributed by atoms with Gasteiger partial charge in [-0.2, -0.15) is 0 Å². The second-order valence-electron chi connectivity index (χ2n) is 5.80. The molecule has 0 spiro atoms. The maximum Gasteiger partial charge on any atom is 0.239 e. The highest BCUT2D eigenvalue weighted by molar-refractivity contribution is 6.31. The summed E-state index contributed by atoms with van der Waals surface area (Å²) in [6.07, 6.45) is 1.19. The highest BCUT2D eigenvalue weighted by Crippen LogP contribution is 2.25. The van der Waals surface area contributed by atoms with Crippen LogP contribution in [-0.4, -0.2) is 24.9 Å². The van der Waals surface area contributed by atoms with E-state index < -0.39 is 5.92 Å². The molecule has 24 heavy (non-hydrogen) atoms. The first-order chi connectivity index (χ1) is 11.7. The number of carbonyl (C=O) groups is 2. The van der Waals surface area contributed by atoms with Gasteiger partial charge in [-0.15, -0.1) is 0 Å². The third-order valence-corrected chi connectivity index (χ3v) is 4.61. The van der Waals surface area contributed by atoms with Crippen LogP contribution in [0.5, 0.6) is 0 Å². The average Bonchev–Trinajstić information content (AvgIpc) is 2.99. The minimum atomic E-state index is -0.601. The second kappa shape index (κ2) is 7.49. The summed E-state index contributed by atoms with van der Waals surface area (Å²) >= 11 is 6.10. The summed E-state index contributed by atoms with van der Waals surface area (Å²) in [5, 5.41) is 3.55. The molecule has 0 bridgehead atoms. The van der Waals surface area contributed by atoms with E-state index in [2.05, 4.69) is 5.32 Å². The number of carbonyl (C=O) groups excluding carboxylic acids is 2. The van der Waals surface area contributed by atoms with Crippen molar-refractivity contribution in [1.82, 2.24) is 5.32 Å². The molecule has 1 aliphatic heterocycles. The smallest absolute Gasteiger partial charge is 0.239 e. The van der Waals surface area contributed by atoms with Gasteiger partial charge in [-0.1, -0.05) is 48.0 Å². The van der Waals surface area contributed by atoms with Crippen molar-refractivity contribution in [3.05, 3.63) is 65.2 Å². The fraction of sp³-hybridized carbons (Fsp3) is 0.263. The number of hydrogen-bond donors (Lipinski definition) is 1. The molecule has 4 nitrogen and oxygen atoms in total. The normalized spacial score (nSPS) is 17.1. The van der Waals surface area contributed by atoms with E-state index in [1.54, 1.807) is 4.90 Å². The third kappa shape index (κ3) is 3.60. The van der Waals surface area contributed by atoms with Crippen LogP contribution in [0.4, 0.5) is 5.69 Å². The molecule has 2 amide bonds. The van der Waals surface area contributed by atoms with Crippen molar-refractivity contribution in [3.63, 3.8) is 0 Å². The summed E-state index contributed by atoms with van der Waals surface area (Å²) in [6.45, 7) is 1.04. The van der Waals surface area contributed by atoms with Crippen molar-refractivity contribution in [2.75, 3.05) is 18.0 Å². The maximum atomic E-state index is 12.5. The highest BCUT2D eigenvalue weighted by Gasteiger charge is 2.37. The van der Waals surface area contributed by atoms with Crippen LogP contribution >= 0.6 is 11.6 Å². The number of benzene rings is 2. The van der Waals surface area contributed by atoms with Crippen LogP contribution in [-0.2, 0) is 16.0 Å². The van der Waals surface area contributed by atoms with Crippen LogP contribution < -0.4 is 10.2 Å². The van der Waals surface area contributed by atoms with Crippen molar-refractivity contribution in [1.29, 1.82) is 0 Å². The predicted octanol–water partition coefficient (Wildman–Crippen LogP) is 3.05. The first-order valence-electron chi connectivity index (χ1n) is 8.04. The van der Waals surface area contributed by atoms with E-state index in [1.165, 1.54) is 0 Å². The van der Waals surface area contributed by atoms with Crippen LogP contribution in [0.15, 0.2) is 54.6 Å². The number of nitrogens with zero attached hydrogens (tertiary/aromatic N) is 1. The Morgan fingerprint density at radius 2 is 1.83 bits per heavy atom. The van der Waals surface area contributed by atoms with E-state index in [9.17, 15) is 9.59 Å². The number of rotatable bonds is 5. The summed E-state index contributed by atoms with van der Waals surface area (Å²) in [5.41, 5.74) is 1.83. The van der Waals surface area contributed by atoms with Gasteiger partial charge < -0.3 is 10.2 Å². The fourth-order valence-corrected chi connectivity index (χ4v) is 3.16. The molecule has 1 fully saturated rings. The van der Waals surface area contributed by atoms with Crippen LogP contribution in [0.25, 0.3) is 0 Å². The Balaban J connectivity index is 1.54. The van der Waals surface area contributed by atoms with Crippen molar-refractivity contribution in [3.8, 4) is 0 Å². The van der Waals surface area contributed by atoms with Gasteiger partial charge in [0.2, 0.25) is 11.8 Å². The number of amides is 2. The Kier molecular flexibility index (Phi) is 5.16. The molecule has 0 radical (unpaired) electrons. The van der Waals surface area contributed by atoms with E-state index in [4.69, 9.17) is 11.6 Å². The molecule has 2 aromatic carbocycles. The quantitative estimate of drug-likeness (QED) is 0.849. The van der Waals surface area contributed by atoms with E-state index in [1.807, 2.05) is 54.6 Å². The molecule has 1 saturated heterocycles. The second-order valence-corrected chi connectivity index (χ2v) is 6.21. The zero-order valence-corrected chi connectivity index (χ0v) is 14.0. The summed E-state index contributed by atoms with van der Waals surface area (Å²) in [5.74, 6) is -0.932. The number of nitrogens with one attached hydrogen (secondary N) is 1. The largest absolute Gasteiger partial charge is 0.355 e. The molecule has 1 aliphatic rings. The molecule has 2 aromatic rings. The van der Waals surface area contributed by atoms with Gasteiger partial charge >= 0.3 is 0 Å². The van der Waals surface area contributed by atoms with Gasteiger partial charge in [-0.3, -0.25) is 9.59 Å². The minimum absolute atomic E-state index is 0.128. The monoisotopic (exact) mass is 342 g/mol. The van der Waals surface area contributed by atoms with Crippen LogP contribution in [0, 0.1) is 5.92 Å². The Labute approximate surface area is 146 Å².